The predicted molar refractivity (Wildman–Crippen MR) is 151 cm³/mol. The number of nitriles is 1. The monoisotopic (exact) mass is 528 g/mol. The molecule has 1 aliphatic rings. The maximum Gasteiger partial charge on any atom is 0.246 e. The molecular weight excluding hydrogens is 504 g/mol. The summed E-state index contributed by atoms with van der Waals surface area (Å²) in [6.07, 6.45) is 8.86. The molecule has 0 saturated heterocycles. The zero-order valence-electron chi connectivity index (χ0n) is 21.7. The van der Waals surface area contributed by atoms with Gasteiger partial charge in [0.1, 0.15) is 29.4 Å². The van der Waals surface area contributed by atoms with Crippen molar-refractivity contribution in [2.24, 2.45) is 0 Å². The van der Waals surface area contributed by atoms with Crippen molar-refractivity contribution in [1.82, 2.24) is 29.5 Å². The Morgan fingerprint density at radius 3 is 2.88 bits per heavy atom. The largest absolute Gasteiger partial charge is 0.457 e. The molecule has 6 rings (SSSR count). The topological polar surface area (TPSA) is 121 Å². The molecule has 0 saturated carbocycles. The Morgan fingerprint density at radius 1 is 1.20 bits per heavy atom. The maximum atomic E-state index is 11.9. The number of carbonyl (C=O) groups excluding carboxylic acids is 1. The number of nitrogens with one attached hydrogen (secondary N) is 1. The van der Waals surface area contributed by atoms with Crippen LogP contribution in [0.15, 0.2) is 79.9 Å². The van der Waals surface area contributed by atoms with E-state index >= 15 is 0 Å². The SMILES string of the molecule is C=CC(=O)N1CC=C(c2ccc3ncc(C#N)c(Nc4ccc(Oc5ccn6ncnc6c5)c(C)c4)c3n2)CC1. The van der Waals surface area contributed by atoms with Crippen LogP contribution in [-0.2, 0) is 4.79 Å². The average Bonchev–Trinajstić information content (AvgIpc) is 3.46. The van der Waals surface area contributed by atoms with E-state index in [0.717, 1.165) is 22.5 Å². The van der Waals surface area contributed by atoms with Gasteiger partial charge in [-0.3, -0.25) is 9.78 Å². The second-order valence-corrected chi connectivity index (χ2v) is 9.32. The summed E-state index contributed by atoms with van der Waals surface area (Å²) in [6.45, 7) is 6.62. The zero-order chi connectivity index (χ0) is 27.6. The Balaban J connectivity index is 1.29. The van der Waals surface area contributed by atoms with E-state index in [-0.39, 0.29) is 5.91 Å². The normalized spacial score (nSPS) is 13.1. The number of hydrogen-bond acceptors (Lipinski definition) is 8. The molecule has 5 aromatic rings. The van der Waals surface area contributed by atoms with Gasteiger partial charge in [-0.05, 0) is 67.0 Å². The lowest BCUT2D eigenvalue weighted by Crippen LogP contribution is -2.33. The van der Waals surface area contributed by atoms with Crippen molar-refractivity contribution in [2.75, 3.05) is 18.4 Å². The van der Waals surface area contributed by atoms with E-state index in [2.05, 4.69) is 33.0 Å². The third-order valence-electron chi connectivity index (χ3n) is 6.78. The molecule has 1 amide bonds. The van der Waals surface area contributed by atoms with Crippen molar-refractivity contribution in [3.05, 3.63) is 96.7 Å². The number of ether oxygens (including phenoxy) is 1. The first-order valence-corrected chi connectivity index (χ1v) is 12.7. The molecule has 5 heterocycles. The molecular formula is C30H24N8O2. The zero-order valence-corrected chi connectivity index (χ0v) is 21.7. The number of amides is 1. The van der Waals surface area contributed by atoms with Crippen molar-refractivity contribution in [3.8, 4) is 17.6 Å². The van der Waals surface area contributed by atoms with E-state index in [1.165, 1.54) is 12.4 Å². The van der Waals surface area contributed by atoms with Crippen LogP contribution in [0.4, 0.5) is 11.4 Å². The van der Waals surface area contributed by atoms with Crippen LogP contribution in [0.1, 0.15) is 23.2 Å². The fourth-order valence-electron chi connectivity index (χ4n) is 4.66. The van der Waals surface area contributed by atoms with E-state index in [1.807, 2.05) is 55.5 Å². The van der Waals surface area contributed by atoms with E-state index < -0.39 is 0 Å². The first kappa shape index (κ1) is 24.8. The van der Waals surface area contributed by atoms with Crippen LogP contribution in [0.25, 0.3) is 22.3 Å². The number of benzene rings is 1. The van der Waals surface area contributed by atoms with Gasteiger partial charge in [-0.1, -0.05) is 12.7 Å². The highest BCUT2D eigenvalue weighted by Gasteiger charge is 2.18. The summed E-state index contributed by atoms with van der Waals surface area (Å²) < 4.78 is 7.77. The third-order valence-corrected chi connectivity index (χ3v) is 6.78. The molecule has 10 nitrogen and oxygen atoms in total. The van der Waals surface area contributed by atoms with E-state index in [0.29, 0.717) is 58.9 Å². The molecule has 0 fully saturated rings. The number of hydrogen-bond donors (Lipinski definition) is 1. The molecule has 0 unspecified atom stereocenters. The van der Waals surface area contributed by atoms with Crippen molar-refractivity contribution >= 4 is 39.5 Å². The lowest BCUT2D eigenvalue weighted by atomic mass is 10.0. The smallest absolute Gasteiger partial charge is 0.246 e. The van der Waals surface area contributed by atoms with Gasteiger partial charge in [0.15, 0.2) is 5.65 Å². The van der Waals surface area contributed by atoms with Crippen molar-refractivity contribution < 1.29 is 9.53 Å². The predicted octanol–water partition coefficient (Wildman–Crippen LogP) is 5.19. The first-order valence-electron chi connectivity index (χ1n) is 12.7. The minimum absolute atomic E-state index is 0.0841. The molecule has 4 aromatic heterocycles. The van der Waals surface area contributed by atoms with Crippen LogP contribution in [0.3, 0.4) is 0 Å². The van der Waals surface area contributed by atoms with Crippen LogP contribution < -0.4 is 10.1 Å². The lowest BCUT2D eigenvalue weighted by molar-refractivity contribution is -0.125. The number of nitrogens with zero attached hydrogens (tertiary/aromatic N) is 7. The minimum Gasteiger partial charge on any atom is -0.457 e. The molecule has 40 heavy (non-hydrogen) atoms. The molecule has 1 aromatic carbocycles. The van der Waals surface area contributed by atoms with Gasteiger partial charge in [0.05, 0.1) is 22.5 Å². The van der Waals surface area contributed by atoms with Crippen LogP contribution in [-0.4, -0.2) is 48.5 Å². The highest BCUT2D eigenvalue weighted by molar-refractivity contribution is 5.94. The molecule has 0 spiro atoms. The molecule has 0 radical (unpaired) electrons. The van der Waals surface area contributed by atoms with Crippen LogP contribution in [0.2, 0.25) is 0 Å². The first-order chi connectivity index (χ1) is 19.5. The van der Waals surface area contributed by atoms with Crippen molar-refractivity contribution in [1.29, 1.82) is 5.26 Å². The number of anilines is 2. The number of rotatable bonds is 6. The summed E-state index contributed by atoms with van der Waals surface area (Å²) in [5, 5.41) is 17.4. The van der Waals surface area contributed by atoms with E-state index in [1.54, 1.807) is 21.8 Å². The molecule has 0 aliphatic carbocycles. The molecule has 0 bridgehead atoms. The molecule has 10 heteroatoms. The Bertz CT molecular complexity index is 1870. The second-order valence-electron chi connectivity index (χ2n) is 9.32. The Morgan fingerprint density at radius 2 is 2.10 bits per heavy atom. The van der Waals surface area contributed by atoms with Gasteiger partial charge in [-0.2, -0.15) is 10.4 Å². The molecule has 1 aliphatic heterocycles. The quantitative estimate of drug-likeness (QED) is 0.299. The minimum atomic E-state index is -0.0841. The third kappa shape index (κ3) is 4.72. The summed E-state index contributed by atoms with van der Waals surface area (Å²) in [4.78, 5) is 27.2. The van der Waals surface area contributed by atoms with Crippen molar-refractivity contribution in [3.63, 3.8) is 0 Å². The van der Waals surface area contributed by atoms with Gasteiger partial charge in [0.25, 0.3) is 0 Å². The summed E-state index contributed by atoms with van der Waals surface area (Å²) in [7, 11) is 0. The standard InChI is InChI=1S/C30H24N8O2/c1-3-28(39)37-11-8-20(9-12-37)24-5-6-25-30(36-24)29(21(16-31)17-32-25)35-22-4-7-26(19(2)14-22)40-23-10-13-38-27(15-23)33-18-34-38/h3-8,10,13-15,17-18H,1,9,11-12H2,2H3,(H,32,35). The highest BCUT2D eigenvalue weighted by Crippen LogP contribution is 2.33. The van der Waals surface area contributed by atoms with E-state index in [4.69, 9.17) is 9.72 Å². The number of carbonyl (C=O) groups is 1. The van der Waals surface area contributed by atoms with Gasteiger partial charge < -0.3 is 15.0 Å². The Labute approximate surface area is 229 Å². The van der Waals surface area contributed by atoms with Crippen LogP contribution in [0.5, 0.6) is 11.5 Å². The van der Waals surface area contributed by atoms with Crippen molar-refractivity contribution in [2.45, 2.75) is 13.3 Å². The number of fused-ring (bicyclic) bond motifs is 2. The van der Waals surface area contributed by atoms with Crippen LogP contribution >= 0.6 is 0 Å². The highest BCUT2D eigenvalue weighted by atomic mass is 16.5. The van der Waals surface area contributed by atoms with Gasteiger partial charge in [0.2, 0.25) is 5.91 Å². The number of pyridine rings is 3. The maximum absolute atomic E-state index is 11.9. The fourth-order valence-corrected chi connectivity index (χ4v) is 4.66. The number of aromatic nitrogens is 5. The molecule has 1 N–H and O–H groups in total. The summed E-state index contributed by atoms with van der Waals surface area (Å²) in [6, 6.07) is 15.4. The summed E-state index contributed by atoms with van der Waals surface area (Å²) in [5.41, 5.74) is 6.46. The number of aryl methyl sites for hydroxylation is 1. The lowest BCUT2D eigenvalue weighted by Gasteiger charge is -2.25. The molecule has 196 valence electrons. The Kier molecular flexibility index (Phi) is 6.38. The average molecular weight is 529 g/mol. The summed E-state index contributed by atoms with van der Waals surface area (Å²) >= 11 is 0. The fraction of sp³-hybridized carbons (Fsp3) is 0.133. The summed E-state index contributed by atoms with van der Waals surface area (Å²) in [5.74, 6) is 1.27. The van der Waals surface area contributed by atoms with E-state index in [9.17, 15) is 10.1 Å². The molecule has 0 atom stereocenters. The van der Waals surface area contributed by atoms with Gasteiger partial charge in [-0.15, -0.1) is 0 Å². The van der Waals surface area contributed by atoms with Crippen LogP contribution in [0, 0.1) is 18.3 Å². The van der Waals surface area contributed by atoms with Gasteiger partial charge in [-0.25, -0.2) is 14.5 Å². The Hall–Kier alpha value is -5.56. The van der Waals surface area contributed by atoms with Gasteiger partial charge >= 0.3 is 0 Å². The second kappa shape index (κ2) is 10.3. The van der Waals surface area contributed by atoms with Gasteiger partial charge in [0, 0.05) is 37.2 Å².